The van der Waals surface area contributed by atoms with E-state index in [1.165, 1.54) is 10.9 Å². The fourth-order valence-corrected chi connectivity index (χ4v) is 3.56. The molecule has 3 atom stereocenters. The van der Waals surface area contributed by atoms with Crippen molar-refractivity contribution in [2.24, 2.45) is 0 Å². The van der Waals surface area contributed by atoms with Crippen LogP contribution in [-0.4, -0.2) is 27.8 Å². The van der Waals surface area contributed by atoms with Crippen molar-refractivity contribution in [3.8, 4) is 0 Å². The van der Waals surface area contributed by atoms with E-state index in [1.54, 1.807) is 0 Å². The molecule has 1 aliphatic rings. The minimum atomic E-state index is -0.00000641. The van der Waals surface area contributed by atoms with Gasteiger partial charge in [-0.15, -0.1) is 0 Å². The summed E-state index contributed by atoms with van der Waals surface area (Å²) in [5, 5.41) is 11.8. The van der Waals surface area contributed by atoms with Gasteiger partial charge in [0.15, 0.2) is 5.82 Å². The molecule has 0 bridgehead atoms. The molecule has 2 aromatic heterocycles. The zero-order chi connectivity index (χ0) is 17.4. The first-order valence-electron chi connectivity index (χ1n) is 8.87. The smallest absolute Gasteiger partial charge is 0.179 e. The molecule has 4 rings (SSSR count). The molecule has 2 N–H and O–H groups in total. The third kappa shape index (κ3) is 3.19. The Labute approximate surface area is 147 Å². The van der Waals surface area contributed by atoms with Crippen LogP contribution in [0.2, 0.25) is 0 Å². The Bertz CT molecular complexity index is 869. The first kappa shape index (κ1) is 16.3. The van der Waals surface area contributed by atoms with Gasteiger partial charge in [-0.2, -0.15) is 5.10 Å². The van der Waals surface area contributed by atoms with Crippen molar-refractivity contribution in [3.63, 3.8) is 0 Å². The third-order valence-electron chi connectivity index (χ3n) is 4.94. The Morgan fingerprint density at radius 2 is 2.12 bits per heavy atom. The Morgan fingerprint density at radius 1 is 1.28 bits per heavy atom. The molecule has 1 aromatic carbocycles. The summed E-state index contributed by atoms with van der Waals surface area (Å²) < 4.78 is 12.1. The molecule has 3 aromatic rings. The van der Waals surface area contributed by atoms with Crippen LogP contribution in [0.3, 0.4) is 0 Å². The molecular weight excluding hydrogens is 316 g/mol. The predicted octanol–water partition coefficient (Wildman–Crippen LogP) is 3.74. The molecule has 25 heavy (non-hydrogen) atoms. The summed E-state index contributed by atoms with van der Waals surface area (Å²) >= 11 is 0. The molecule has 1 saturated heterocycles. The summed E-state index contributed by atoms with van der Waals surface area (Å²) in [5.41, 5.74) is 2.15. The van der Waals surface area contributed by atoms with Gasteiger partial charge in [0, 0.05) is 11.9 Å². The van der Waals surface area contributed by atoms with Crippen LogP contribution in [0.25, 0.3) is 11.0 Å². The van der Waals surface area contributed by atoms with E-state index in [-0.39, 0.29) is 18.2 Å². The number of rotatable bonds is 5. The number of nitrogens with one attached hydrogen (secondary N) is 2. The van der Waals surface area contributed by atoms with Gasteiger partial charge in [-0.3, -0.25) is 5.10 Å². The number of para-hydroxylation sites is 1. The summed E-state index contributed by atoms with van der Waals surface area (Å²) in [6, 6.07) is 8.31. The summed E-state index contributed by atoms with van der Waals surface area (Å²) in [6.45, 7) is 6.95. The number of fused-ring (bicyclic) bond motifs is 1. The highest BCUT2D eigenvalue weighted by Crippen LogP contribution is 2.32. The molecule has 0 radical (unpaired) electrons. The summed E-state index contributed by atoms with van der Waals surface area (Å²) in [4.78, 5) is 4.38. The van der Waals surface area contributed by atoms with E-state index >= 15 is 0 Å². The van der Waals surface area contributed by atoms with Gasteiger partial charge in [0.2, 0.25) is 0 Å². The summed E-state index contributed by atoms with van der Waals surface area (Å²) in [7, 11) is 0. The average molecular weight is 340 g/mol. The number of H-pyrrole nitrogens is 1. The molecule has 1 fully saturated rings. The maximum absolute atomic E-state index is 6.10. The normalized spacial score (nSPS) is 21.9. The van der Waals surface area contributed by atoms with Crippen LogP contribution in [0.1, 0.15) is 54.9 Å². The molecular formula is C19H24N4O2. The predicted molar refractivity (Wildman–Crippen MR) is 95.3 cm³/mol. The Morgan fingerprint density at radius 3 is 2.88 bits per heavy atom. The monoisotopic (exact) mass is 340 g/mol. The van der Waals surface area contributed by atoms with Gasteiger partial charge in [0.1, 0.15) is 23.3 Å². The highest BCUT2D eigenvalue weighted by atomic mass is 16.5. The Hall–Kier alpha value is -2.18. The molecule has 0 amide bonds. The largest absolute Gasteiger partial charge is 0.459 e. The van der Waals surface area contributed by atoms with Crippen LogP contribution in [0.15, 0.2) is 28.7 Å². The third-order valence-corrected chi connectivity index (χ3v) is 4.94. The molecule has 0 saturated carbocycles. The number of aromatic nitrogens is 3. The molecule has 3 heterocycles. The number of benzene rings is 1. The van der Waals surface area contributed by atoms with E-state index in [0.29, 0.717) is 0 Å². The van der Waals surface area contributed by atoms with E-state index < -0.39 is 0 Å². The van der Waals surface area contributed by atoms with E-state index in [9.17, 15) is 0 Å². The molecule has 1 aliphatic heterocycles. The van der Waals surface area contributed by atoms with Crippen molar-refractivity contribution in [3.05, 3.63) is 47.2 Å². The van der Waals surface area contributed by atoms with Gasteiger partial charge in [0.05, 0.1) is 12.1 Å². The first-order chi connectivity index (χ1) is 12.1. The van der Waals surface area contributed by atoms with Crippen molar-refractivity contribution >= 4 is 11.0 Å². The second-order valence-corrected chi connectivity index (χ2v) is 6.82. The van der Waals surface area contributed by atoms with Crippen LogP contribution >= 0.6 is 0 Å². The van der Waals surface area contributed by atoms with Gasteiger partial charge in [-0.1, -0.05) is 18.2 Å². The van der Waals surface area contributed by atoms with Crippen molar-refractivity contribution < 1.29 is 9.15 Å². The zero-order valence-electron chi connectivity index (χ0n) is 14.9. The summed E-state index contributed by atoms with van der Waals surface area (Å²) in [5.74, 6) is 2.59. The zero-order valence-corrected chi connectivity index (χ0v) is 14.9. The van der Waals surface area contributed by atoms with Gasteiger partial charge >= 0.3 is 0 Å². The second-order valence-electron chi connectivity index (χ2n) is 6.82. The highest BCUT2D eigenvalue weighted by molar-refractivity contribution is 5.82. The van der Waals surface area contributed by atoms with E-state index in [0.717, 1.165) is 42.4 Å². The minimum Gasteiger partial charge on any atom is -0.459 e. The molecule has 0 aliphatic carbocycles. The standard InChI is InChI=1S/C19H24N4O2/c1-11-15-6-4-5-7-16(15)25-18(11)12(2)20-10-14-8-9-17(24-14)19-21-13(3)22-23-19/h4-7,12,14,17,20H,8-10H2,1-3H3,(H,21,22,23)/t12?,14-,17+/m1/s1. The fraction of sp³-hybridized carbons (Fsp3) is 0.474. The fourth-order valence-electron chi connectivity index (χ4n) is 3.56. The van der Waals surface area contributed by atoms with E-state index in [2.05, 4.69) is 40.4 Å². The maximum Gasteiger partial charge on any atom is 0.179 e. The molecule has 0 spiro atoms. The second kappa shape index (κ2) is 6.61. The van der Waals surface area contributed by atoms with Crippen molar-refractivity contribution in [1.82, 2.24) is 20.5 Å². The molecule has 1 unspecified atom stereocenters. The lowest BCUT2D eigenvalue weighted by molar-refractivity contribution is 0.0386. The minimum absolute atomic E-state index is 0.00000641. The van der Waals surface area contributed by atoms with Gasteiger partial charge < -0.3 is 14.5 Å². The number of hydrogen-bond donors (Lipinski definition) is 2. The quantitative estimate of drug-likeness (QED) is 0.740. The van der Waals surface area contributed by atoms with Crippen LogP contribution in [0.5, 0.6) is 0 Å². The highest BCUT2D eigenvalue weighted by Gasteiger charge is 2.29. The van der Waals surface area contributed by atoms with Crippen molar-refractivity contribution in [2.75, 3.05) is 6.54 Å². The first-order valence-corrected chi connectivity index (χ1v) is 8.87. The van der Waals surface area contributed by atoms with Gasteiger partial charge in [-0.25, -0.2) is 4.98 Å². The number of nitrogens with zero attached hydrogens (tertiary/aromatic N) is 2. The topological polar surface area (TPSA) is 76.0 Å². The Kier molecular flexibility index (Phi) is 4.31. The van der Waals surface area contributed by atoms with Crippen LogP contribution < -0.4 is 5.32 Å². The van der Waals surface area contributed by atoms with Gasteiger partial charge in [0.25, 0.3) is 0 Å². The number of furan rings is 1. The van der Waals surface area contributed by atoms with Crippen LogP contribution in [0.4, 0.5) is 0 Å². The lowest BCUT2D eigenvalue weighted by Crippen LogP contribution is -2.29. The molecule has 6 heteroatoms. The number of aromatic amines is 1. The van der Waals surface area contributed by atoms with Crippen LogP contribution in [0, 0.1) is 13.8 Å². The Balaban J connectivity index is 1.37. The average Bonchev–Trinajstić information content (AvgIpc) is 3.32. The van der Waals surface area contributed by atoms with Crippen molar-refractivity contribution in [1.29, 1.82) is 0 Å². The SMILES string of the molecule is Cc1nc([C@@H]2CC[C@H](CNC(C)c3oc4ccccc4c3C)O2)n[nH]1. The van der Waals surface area contributed by atoms with Crippen molar-refractivity contribution in [2.45, 2.75) is 51.9 Å². The number of hydrogen-bond acceptors (Lipinski definition) is 5. The van der Waals surface area contributed by atoms with Crippen LogP contribution in [-0.2, 0) is 4.74 Å². The lowest BCUT2D eigenvalue weighted by Gasteiger charge is -2.17. The number of aryl methyl sites for hydroxylation is 2. The molecule has 132 valence electrons. The van der Waals surface area contributed by atoms with E-state index in [4.69, 9.17) is 9.15 Å². The summed E-state index contributed by atoms with van der Waals surface area (Å²) in [6.07, 6.45) is 2.15. The van der Waals surface area contributed by atoms with Gasteiger partial charge in [-0.05, 0) is 45.2 Å². The van der Waals surface area contributed by atoms with E-state index in [1.807, 2.05) is 25.1 Å². The maximum atomic E-state index is 6.10. The number of ether oxygens (including phenoxy) is 1. The molecule has 6 nitrogen and oxygen atoms in total. The lowest BCUT2D eigenvalue weighted by atomic mass is 10.1.